The molecule has 1 fully saturated rings. The van der Waals surface area contributed by atoms with Crippen molar-refractivity contribution in [3.63, 3.8) is 0 Å². The predicted molar refractivity (Wildman–Crippen MR) is 78.9 cm³/mol. The molecule has 1 aliphatic carbocycles. The summed E-state index contributed by atoms with van der Waals surface area (Å²) in [4.78, 5) is 14.7. The summed E-state index contributed by atoms with van der Waals surface area (Å²) in [6, 6.07) is -0.226. The van der Waals surface area contributed by atoms with Crippen LogP contribution in [0.3, 0.4) is 0 Å². The van der Waals surface area contributed by atoms with Crippen LogP contribution < -0.4 is 5.73 Å². The third-order valence-corrected chi connectivity index (χ3v) is 3.96. The topological polar surface area (TPSA) is 64.2 Å². The molecule has 1 saturated carbocycles. The highest BCUT2D eigenvalue weighted by molar-refractivity contribution is 5.83. The van der Waals surface area contributed by atoms with Gasteiger partial charge in [-0.3, -0.25) is 9.48 Å². The first-order valence-corrected chi connectivity index (χ1v) is 7.53. The van der Waals surface area contributed by atoms with E-state index in [1.165, 1.54) is 12.8 Å². The Labute approximate surface area is 121 Å². The van der Waals surface area contributed by atoms with Gasteiger partial charge in [-0.25, -0.2) is 0 Å². The summed E-state index contributed by atoms with van der Waals surface area (Å²) in [5.74, 6) is 0.499. The van der Waals surface area contributed by atoms with Crippen LogP contribution in [-0.2, 0) is 11.8 Å². The van der Waals surface area contributed by atoms with Gasteiger partial charge in [0.2, 0.25) is 5.91 Å². The minimum absolute atomic E-state index is 0.0404. The van der Waals surface area contributed by atoms with Crippen LogP contribution in [0, 0.1) is 5.92 Å². The lowest BCUT2D eigenvalue weighted by Crippen LogP contribution is -2.45. The summed E-state index contributed by atoms with van der Waals surface area (Å²) in [6.07, 6.45) is 8.16. The maximum Gasteiger partial charge on any atom is 0.244 e. The summed E-state index contributed by atoms with van der Waals surface area (Å²) in [7, 11) is 1.84. The molecule has 5 heteroatoms. The number of carbonyl (C=O) groups excluding carboxylic acids is 1. The van der Waals surface area contributed by atoms with E-state index >= 15 is 0 Å². The Balaban J connectivity index is 2.12. The van der Waals surface area contributed by atoms with E-state index in [2.05, 4.69) is 18.9 Å². The van der Waals surface area contributed by atoms with E-state index in [4.69, 9.17) is 5.73 Å². The molecule has 1 amide bonds. The highest BCUT2D eigenvalue weighted by Crippen LogP contribution is 2.26. The van der Waals surface area contributed by atoms with E-state index in [0.717, 1.165) is 24.9 Å². The average molecular weight is 278 g/mol. The number of aryl methyl sites for hydroxylation is 1. The van der Waals surface area contributed by atoms with Crippen LogP contribution in [0.5, 0.6) is 0 Å². The van der Waals surface area contributed by atoms with Crippen LogP contribution in [0.1, 0.15) is 51.1 Å². The van der Waals surface area contributed by atoms with Crippen molar-refractivity contribution in [2.24, 2.45) is 18.7 Å². The first kappa shape index (κ1) is 15.0. The van der Waals surface area contributed by atoms with Gasteiger partial charge in [0.1, 0.15) is 6.04 Å². The fraction of sp³-hybridized carbons (Fsp3) is 0.733. The molecule has 1 aromatic rings. The van der Waals surface area contributed by atoms with Gasteiger partial charge in [-0.2, -0.15) is 5.10 Å². The number of aromatic nitrogens is 2. The second kappa shape index (κ2) is 6.39. The molecule has 1 aromatic heterocycles. The minimum atomic E-state index is -0.594. The molecular formula is C15H26N4O. The number of amides is 1. The molecule has 0 spiro atoms. The van der Waals surface area contributed by atoms with Gasteiger partial charge in [-0.05, 0) is 18.8 Å². The van der Waals surface area contributed by atoms with E-state index in [-0.39, 0.29) is 5.91 Å². The molecule has 1 heterocycles. The van der Waals surface area contributed by atoms with Crippen molar-refractivity contribution in [3.05, 3.63) is 18.0 Å². The Morgan fingerprint density at radius 3 is 2.65 bits per heavy atom. The van der Waals surface area contributed by atoms with E-state index in [9.17, 15) is 4.79 Å². The Kier molecular flexibility index (Phi) is 4.81. The lowest BCUT2D eigenvalue weighted by molar-refractivity contribution is -0.135. The fourth-order valence-corrected chi connectivity index (χ4v) is 2.95. The summed E-state index contributed by atoms with van der Waals surface area (Å²) in [6.45, 7) is 5.08. The predicted octanol–water partition coefficient (Wildman–Crippen LogP) is 1.85. The number of carbonyl (C=O) groups is 1. The van der Waals surface area contributed by atoms with Crippen LogP contribution in [0.4, 0.5) is 0 Å². The van der Waals surface area contributed by atoms with Crippen molar-refractivity contribution in [2.75, 3.05) is 6.54 Å². The molecule has 0 bridgehead atoms. The second-order valence-corrected chi connectivity index (χ2v) is 6.25. The Hall–Kier alpha value is -1.36. The average Bonchev–Trinajstić information content (AvgIpc) is 3.05. The molecule has 2 rings (SSSR count). The van der Waals surface area contributed by atoms with Crippen molar-refractivity contribution >= 4 is 5.91 Å². The van der Waals surface area contributed by atoms with Crippen molar-refractivity contribution in [3.8, 4) is 0 Å². The van der Waals surface area contributed by atoms with Gasteiger partial charge in [0.15, 0.2) is 0 Å². The third kappa shape index (κ3) is 3.39. The fourth-order valence-electron chi connectivity index (χ4n) is 2.95. The van der Waals surface area contributed by atoms with Crippen LogP contribution in [0.15, 0.2) is 12.4 Å². The Bertz CT molecular complexity index is 448. The van der Waals surface area contributed by atoms with Crippen LogP contribution in [0.2, 0.25) is 0 Å². The summed E-state index contributed by atoms with van der Waals surface area (Å²) >= 11 is 0. The molecule has 20 heavy (non-hydrogen) atoms. The summed E-state index contributed by atoms with van der Waals surface area (Å²) < 4.78 is 1.69. The molecule has 0 saturated heterocycles. The summed E-state index contributed by atoms with van der Waals surface area (Å²) in [5.41, 5.74) is 6.95. The zero-order valence-corrected chi connectivity index (χ0v) is 12.7. The minimum Gasteiger partial charge on any atom is -0.338 e. The van der Waals surface area contributed by atoms with Crippen LogP contribution in [-0.4, -0.2) is 33.2 Å². The lowest BCUT2D eigenvalue weighted by Gasteiger charge is -2.32. The third-order valence-electron chi connectivity index (χ3n) is 3.96. The first-order chi connectivity index (χ1) is 9.49. The van der Waals surface area contributed by atoms with Crippen molar-refractivity contribution in [1.82, 2.24) is 14.7 Å². The molecule has 1 unspecified atom stereocenters. The molecular weight excluding hydrogens is 252 g/mol. The monoisotopic (exact) mass is 278 g/mol. The molecule has 0 aromatic carbocycles. The molecule has 0 radical (unpaired) electrons. The Morgan fingerprint density at radius 1 is 1.50 bits per heavy atom. The quantitative estimate of drug-likeness (QED) is 0.894. The van der Waals surface area contributed by atoms with Gasteiger partial charge in [0.25, 0.3) is 0 Å². The van der Waals surface area contributed by atoms with Crippen LogP contribution >= 0.6 is 0 Å². The molecule has 0 aliphatic heterocycles. The number of rotatable bonds is 5. The van der Waals surface area contributed by atoms with Crippen molar-refractivity contribution < 1.29 is 4.79 Å². The maximum atomic E-state index is 12.7. The largest absolute Gasteiger partial charge is 0.338 e. The number of hydrogen-bond donors (Lipinski definition) is 1. The molecule has 112 valence electrons. The van der Waals surface area contributed by atoms with Gasteiger partial charge < -0.3 is 10.6 Å². The molecule has 2 N–H and O–H groups in total. The van der Waals surface area contributed by atoms with Gasteiger partial charge >= 0.3 is 0 Å². The van der Waals surface area contributed by atoms with Crippen molar-refractivity contribution in [1.29, 1.82) is 0 Å². The number of hydrogen-bond acceptors (Lipinski definition) is 3. The maximum absolute atomic E-state index is 12.7. The standard InChI is InChI=1S/C15H26N4O/c1-11(2)9-19(13-6-4-5-7-13)15(20)14(16)12-8-17-18(3)10-12/h8,10-11,13-14H,4-7,9,16H2,1-3H3. The van der Waals surface area contributed by atoms with E-state index in [1.807, 2.05) is 18.1 Å². The molecule has 5 nitrogen and oxygen atoms in total. The lowest BCUT2D eigenvalue weighted by atomic mass is 10.1. The molecule has 1 aliphatic rings. The van der Waals surface area contributed by atoms with Gasteiger partial charge in [-0.15, -0.1) is 0 Å². The smallest absolute Gasteiger partial charge is 0.244 e. The zero-order valence-electron chi connectivity index (χ0n) is 12.7. The highest BCUT2D eigenvalue weighted by atomic mass is 16.2. The van der Waals surface area contributed by atoms with E-state index in [0.29, 0.717) is 12.0 Å². The van der Waals surface area contributed by atoms with Gasteiger partial charge in [-0.1, -0.05) is 26.7 Å². The SMILES string of the molecule is CC(C)CN(C(=O)C(N)c1cnn(C)c1)C1CCCC1. The van der Waals surface area contributed by atoms with Crippen LogP contribution in [0.25, 0.3) is 0 Å². The van der Waals surface area contributed by atoms with Gasteiger partial charge in [0.05, 0.1) is 6.20 Å². The number of nitrogens with zero attached hydrogens (tertiary/aromatic N) is 3. The van der Waals surface area contributed by atoms with E-state index in [1.54, 1.807) is 10.9 Å². The normalized spacial score (nSPS) is 17.6. The first-order valence-electron chi connectivity index (χ1n) is 7.53. The van der Waals surface area contributed by atoms with Gasteiger partial charge in [0, 0.05) is 31.4 Å². The summed E-state index contributed by atoms with van der Waals surface area (Å²) in [5, 5.41) is 4.10. The Morgan fingerprint density at radius 2 is 2.15 bits per heavy atom. The second-order valence-electron chi connectivity index (χ2n) is 6.25. The highest BCUT2D eigenvalue weighted by Gasteiger charge is 2.31. The zero-order chi connectivity index (χ0) is 14.7. The molecule has 1 atom stereocenters. The van der Waals surface area contributed by atoms with Crippen molar-refractivity contribution in [2.45, 2.75) is 51.6 Å². The number of nitrogens with two attached hydrogens (primary N) is 1. The van der Waals surface area contributed by atoms with E-state index < -0.39 is 6.04 Å².